The number of nitrogens with zero attached hydrogens (tertiary/aromatic N) is 4. The van der Waals surface area contributed by atoms with Crippen molar-refractivity contribution in [2.75, 3.05) is 19.7 Å². The molecule has 1 N–H and O–H groups in total. The maximum atomic E-state index is 11.0. The van der Waals surface area contributed by atoms with E-state index in [2.05, 4.69) is 9.88 Å². The summed E-state index contributed by atoms with van der Waals surface area (Å²) in [5, 5.41) is 20.1. The summed E-state index contributed by atoms with van der Waals surface area (Å²) in [6.07, 6.45) is 5.56. The number of imidazole rings is 1. The van der Waals surface area contributed by atoms with Crippen molar-refractivity contribution >= 4 is 5.82 Å². The van der Waals surface area contributed by atoms with Gasteiger partial charge in [-0.05, 0) is 30.7 Å². The van der Waals surface area contributed by atoms with Gasteiger partial charge in [0.15, 0.2) is 5.82 Å². The zero-order chi connectivity index (χ0) is 14.5. The molecular weight excluding hydrogens is 260 g/mol. The third kappa shape index (κ3) is 3.34. The molecule has 0 radical (unpaired) electrons. The van der Waals surface area contributed by atoms with Gasteiger partial charge in [-0.25, -0.2) is 9.55 Å². The monoisotopic (exact) mass is 282 g/mol. The number of aromatic nitrogens is 2. The van der Waals surface area contributed by atoms with E-state index in [-0.39, 0.29) is 17.3 Å². The Kier molecular flexibility index (Phi) is 5.08. The van der Waals surface area contributed by atoms with Crippen LogP contribution < -0.4 is 0 Å². The fraction of sp³-hybridized carbons (Fsp3) is 0.769. The molecule has 1 saturated heterocycles. The van der Waals surface area contributed by atoms with Gasteiger partial charge < -0.3 is 15.2 Å². The first-order chi connectivity index (χ1) is 9.63. The van der Waals surface area contributed by atoms with E-state index in [0.717, 1.165) is 32.4 Å². The van der Waals surface area contributed by atoms with Gasteiger partial charge in [-0.2, -0.15) is 0 Å². The average molecular weight is 282 g/mol. The van der Waals surface area contributed by atoms with Crippen molar-refractivity contribution in [2.24, 2.45) is 0 Å². The Morgan fingerprint density at radius 2 is 2.30 bits per heavy atom. The minimum atomic E-state index is -0.387. The minimum Gasteiger partial charge on any atom is -0.396 e. The van der Waals surface area contributed by atoms with Crippen LogP contribution in [0.1, 0.15) is 31.5 Å². The standard InChI is InChI=1S/C13H22N4O3/c1-11-14-10-13(17(19)20)16(11)8-7-15-6-3-2-4-12(15)5-9-18/h10,12,18H,2-9H2,1H3. The van der Waals surface area contributed by atoms with Gasteiger partial charge in [-0.3, -0.25) is 4.90 Å². The molecule has 1 fully saturated rings. The summed E-state index contributed by atoms with van der Waals surface area (Å²) in [6, 6.07) is 0.400. The Morgan fingerprint density at radius 3 is 3.00 bits per heavy atom. The summed E-state index contributed by atoms with van der Waals surface area (Å²) in [7, 11) is 0. The molecule has 1 aliphatic rings. The van der Waals surface area contributed by atoms with E-state index in [1.807, 2.05) is 0 Å². The summed E-state index contributed by atoms with van der Waals surface area (Å²) in [5.41, 5.74) is 0. The summed E-state index contributed by atoms with van der Waals surface area (Å²) in [5.74, 6) is 0.727. The van der Waals surface area contributed by atoms with Gasteiger partial charge in [-0.15, -0.1) is 0 Å². The molecule has 0 bridgehead atoms. The van der Waals surface area contributed by atoms with Crippen LogP contribution in [0.25, 0.3) is 0 Å². The van der Waals surface area contributed by atoms with Crippen LogP contribution in [-0.2, 0) is 6.54 Å². The Balaban J connectivity index is 2.00. The third-order valence-electron chi connectivity index (χ3n) is 4.04. The average Bonchev–Trinajstić information content (AvgIpc) is 2.79. The molecule has 1 atom stereocenters. The van der Waals surface area contributed by atoms with E-state index >= 15 is 0 Å². The van der Waals surface area contributed by atoms with Crippen LogP contribution in [-0.4, -0.2) is 50.2 Å². The maximum absolute atomic E-state index is 11.0. The van der Waals surface area contributed by atoms with Gasteiger partial charge in [0.25, 0.3) is 0 Å². The summed E-state index contributed by atoms with van der Waals surface area (Å²) < 4.78 is 1.66. The lowest BCUT2D eigenvalue weighted by molar-refractivity contribution is -0.392. The quantitative estimate of drug-likeness (QED) is 0.628. The predicted octanol–water partition coefficient (Wildman–Crippen LogP) is 1.34. The molecular formula is C13H22N4O3. The number of aryl methyl sites for hydroxylation is 1. The van der Waals surface area contributed by atoms with Crippen molar-refractivity contribution in [3.63, 3.8) is 0 Å². The fourth-order valence-corrected chi connectivity index (χ4v) is 2.94. The highest BCUT2D eigenvalue weighted by Crippen LogP contribution is 2.20. The highest BCUT2D eigenvalue weighted by atomic mass is 16.6. The van der Waals surface area contributed by atoms with Crippen molar-refractivity contribution in [1.29, 1.82) is 0 Å². The topological polar surface area (TPSA) is 84.4 Å². The van der Waals surface area contributed by atoms with Crippen molar-refractivity contribution in [2.45, 2.75) is 45.2 Å². The second kappa shape index (κ2) is 6.81. The Labute approximate surface area is 118 Å². The lowest BCUT2D eigenvalue weighted by Gasteiger charge is -2.35. The number of aliphatic hydroxyl groups excluding tert-OH is 1. The van der Waals surface area contributed by atoms with E-state index in [1.165, 1.54) is 12.6 Å². The van der Waals surface area contributed by atoms with Crippen LogP contribution in [0.15, 0.2) is 6.20 Å². The van der Waals surface area contributed by atoms with Crippen molar-refractivity contribution in [3.8, 4) is 0 Å². The number of aliphatic hydroxyl groups is 1. The molecule has 112 valence electrons. The van der Waals surface area contributed by atoms with Crippen LogP contribution in [0.3, 0.4) is 0 Å². The third-order valence-corrected chi connectivity index (χ3v) is 4.04. The van der Waals surface area contributed by atoms with Gasteiger partial charge >= 0.3 is 5.82 Å². The number of likely N-dealkylation sites (tertiary alicyclic amines) is 1. The summed E-state index contributed by atoms with van der Waals surface area (Å²) >= 11 is 0. The number of rotatable bonds is 6. The zero-order valence-electron chi connectivity index (χ0n) is 11.9. The van der Waals surface area contributed by atoms with Gasteiger partial charge in [0.2, 0.25) is 0 Å². The van der Waals surface area contributed by atoms with Gasteiger partial charge in [0.1, 0.15) is 12.7 Å². The van der Waals surface area contributed by atoms with Crippen molar-refractivity contribution in [3.05, 3.63) is 22.1 Å². The smallest absolute Gasteiger partial charge is 0.342 e. The highest BCUT2D eigenvalue weighted by Gasteiger charge is 2.24. The van der Waals surface area contributed by atoms with E-state index in [4.69, 9.17) is 5.11 Å². The second-order valence-electron chi connectivity index (χ2n) is 5.27. The van der Waals surface area contributed by atoms with Crippen LogP contribution in [0.2, 0.25) is 0 Å². The largest absolute Gasteiger partial charge is 0.396 e. The van der Waals surface area contributed by atoms with E-state index < -0.39 is 0 Å². The summed E-state index contributed by atoms with van der Waals surface area (Å²) in [4.78, 5) is 16.9. The highest BCUT2D eigenvalue weighted by molar-refractivity contribution is 5.18. The van der Waals surface area contributed by atoms with Gasteiger partial charge in [0.05, 0.1) is 0 Å². The van der Waals surface area contributed by atoms with Crippen LogP contribution in [0.4, 0.5) is 5.82 Å². The Bertz CT molecular complexity index is 458. The number of nitro groups is 1. The first kappa shape index (κ1) is 14.9. The minimum absolute atomic E-state index is 0.0539. The molecule has 2 heterocycles. The molecule has 1 aromatic rings. The van der Waals surface area contributed by atoms with Gasteiger partial charge in [-0.1, -0.05) is 6.42 Å². The molecule has 1 unspecified atom stereocenters. The fourth-order valence-electron chi connectivity index (χ4n) is 2.94. The van der Waals surface area contributed by atoms with Crippen LogP contribution in [0.5, 0.6) is 0 Å². The molecule has 0 aliphatic carbocycles. The molecule has 1 aliphatic heterocycles. The molecule has 0 saturated carbocycles. The van der Waals surface area contributed by atoms with E-state index in [1.54, 1.807) is 11.5 Å². The molecule has 0 amide bonds. The lowest BCUT2D eigenvalue weighted by Crippen LogP contribution is -2.41. The summed E-state index contributed by atoms with van der Waals surface area (Å²) in [6.45, 7) is 4.33. The molecule has 0 aromatic carbocycles. The second-order valence-corrected chi connectivity index (χ2v) is 5.27. The van der Waals surface area contributed by atoms with Crippen molar-refractivity contribution in [1.82, 2.24) is 14.5 Å². The Morgan fingerprint density at radius 1 is 1.50 bits per heavy atom. The maximum Gasteiger partial charge on any atom is 0.342 e. The van der Waals surface area contributed by atoms with Crippen molar-refractivity contribution < 1.29 is 10.0 Å². The molecule has 1 aromatic heterocycles. The molecule has 7 nitrogen and oxygen atoms in total. The zero-order valence-corrected chi connectivity index (χ0v) is 11.9. The first-order valence-electron chi connectivity index (χ1n) is 7.15. The van der Waals surface area contributed by atoms with E-state index in [0.29, 0.717) is 18.4 Å². The van der Waals surface area contributed by atoms with Gasteiger partial charge in [0, 0.05) is 26.1 Å². The molecule has 7 heteroatoms. The number of hydrogen-bond donors (Lipinski definition) is 1. The lowest BCUT2D eigenvalue weighted by atomic mass is 10.00. The van der Waals surface area contributed by atoms with Crippen LogP contribution >= 0.6 is 0 Å². The predicted molar refractivity (Wildman–Crippen MR) is 74.5 cm³/mol. The number of piperidine rings is 1. The molecule has 20 heavy (non-hydrogen) atoms. The molecule has 0 spiro atoms. The molecule has 2 rings (SSSR count). The van der Waals surface area contributed by atoms with E-state index in [9.17, 15) is 10.1 Å². The SMILES string of the molecule is Cc1ncc([N+](=O)[O-])n1CCN1CCCCC1CCO. The van der Waals surface area contributed by atoms with Crippen LogP contribution in [0, 0.1) is 17.0 Å². The Hall–Kier alpha value is -1.47. The normalized spacial score (nSPS) is 20.2. The first-order valence-corrected chi connectivity index (χ1v) is 7.15. The number of hydrogen-bond acceptors (Lipinski definition) is 5.